The van der Waals surface area contributed by atoms with Crippen LogP contribution >= 0.6 is 7.82 Å². The van der Waals surface area contributed by atoms with E-state index in [4.69, 9.17) is 18.3 Å². The van der Waals surface area contributed by atoms with Gasteiger partial charge in [-0.1, -0.05) is 49.2 Å². The number of hydrogen-bond donors (Lipinski definition) is 0. The first-order valence-electron chi connectivity index (χ1n) is 9.69. The molecule has 0 heterocycles. The van der Waals surface area contributed by atoms with Crippen LogP contribution in [0, 0.1) is 0 Å². The molecule has 2 aromatic rings. The first-order chi connectivity index (χ1) is 14.1. The third kappa shape index (κ3) is 6.13. The maximum absolute atomic E-state index is 13.6. The molecule has 154 valence electrons. The van der Waals surface area contributed by atoms with Crippen molar-refractivity contribution in [3.8, 4) is 11.5 Å². The lowest BCUT2D eigenvalue weighted by Crippen LogP contribution is -2.13. The van der Waals surface area contributed by atoms with Crippen LogP contribution in [0.5, 0.6) is 11.5 Å². The highest BCUT2D eigenvalue weighted by molar-refractivity contribution is 7.49. The van der Waals surface area contributed by atoms with Gasteiger partial charge < -0.3 is 18.3 Å². The standard InChI is InChI=1S/C22H25O6P/c1-25-22(23)20-16-10-2-3-11-17-21(20)28-29(24,26-18-12-6-4-7-13-18)27-19-14-8-5-9-15-19/h4-9,12-15H,2-3,10-11,16-17H2,1H3/b21-20-. The van der Waals surface area contributed by atoms with Crippen LogP contribution < -0.4 is 9.05 Å². The summed E-state index contributed by atoms with van der Waals surface area (Å²) in [5.41, 5.74) is 0.390. The number of phosphoric acid groups is 1. The zero-order valence-corrected chi connectivity index (χ0v) is 17.3. The van der Waals surface area contributed by atoms with E-state index in [0.717, 1.165) is 25.7 Å². The first-order valence-corrected chi connectivity index (χ1v) is 11.1. The van der Waals surface area contributed by atoms with Crippen molar-refractivity contribution >= 4 is 13.8 Å². The smallest absolute Gasteiger partial charge is 0.466 e. The van der Waals surface area contributed by atoms with E-state index in [1.807, 2.05) is 12.1 Å². The molecule has 0 radical (unpaired) electrons. The van der Waals surface area contributed by atoms with Gasteiger partial charge in [-0.2, -0.15) is 4.57 Å². The molecular formula is C22H25O6P. The molecule has 0 amide bonds. The molecule has 0 aromatic heterocycles. The number of para-hydroxylation sites is 2. The minimum absolute atomic E-state index is 0.312. The van der Waals surface area contributed by atoms with Gasteiger partial charge in [0, 0.05) is 6.42 Å². The number of allylic oxidation sites excluding steroid dienone is 1. The fraction of sp³-hybridized carbons (Fsp3) is 0.318. The number of ether oxygens (including phenoxy) is 1. The monoisotopic (exact) mass is 416 g/mol. The Morgan fingerprint density at radius 1 is 0.759 bits per heavy atom. The minimum Gasteiger partial charge on any atom is -0.466 e. The molecule has 2 aromatic carbocycles. The SMILES string of the molecule is COC(=O)/C1=C(\OP(=O)(Oc2ccccc2)Oc2ccccc2)CCCCCC1. The molecule has 1 aliphatic rings. The van der Waals surface area contributed by atoms with Crippen LogP contribution in [0.15, 0.2) is 72.0 Å². The van der Waals surface area contributed by atoms with Gasteiger partial charge in [0.1, 0.15) is 17.3 Å². The lowest BCUT2D eigenvalue weighted by Gasteiger charge is -2.23. The molecule has 29 heavy (non-hydrogen) atoms. The highest BCUT2D eigenvalue weighted by atomic mass is 31.2. The summed E-state index contributed by atoms with van der Waals surface area (Å²) in [5, 5.41) is 0. The number of benzene rings is 2. The Morgan fingerprint density at radius 3 is 1.79 bits per heavy atom. The highest BCUT2D eigenvalue weighted by Crippen LogP contribution is 2.52. The van der Waals surface area contributed by atoms with E-state index < -0.39 is 13.8 Å². The van der Waals surface area contributed by atoms with Crippen molar-refractivity contribution in [2.24, 2.45) is 0 Å². The maximum Gasteiger partial charge on any atom is 0.646 e. The molecular weight excluding hydrogens is 391 g/mol. The average Bonchev–Trinajstić information content (AvgIpc) is 2.71. The van der Waals surface area contributed by atoms with Crippen molar-refractivity contribution in [3.63, 3.8) is 0 Å². The number of phosphoric ester groups is 1. The summed E-state index contributed by atoms with van der Waals surface area (Å²) in [7, 11) is -2.79. The topological polar surface area (TPSA) is 71.1 Å². The fourth-order valence-corrected chi connectivity index (χ4v) is 4.43. The van der Waals surface area contributed by atoms with E-state index in [0.29, 0.717) is 35.7 Å². The summed E-state index contributed by atoms with van der Waals surface area (Å²) in [6, 6.07) is 17.3. The van der Waals surface area contributed by atoms with Gasteiger partial charge in [-0.3, -0.25) is 0 Å². The van der Waals surface area contributed by atoms with Gasteiger partial charge in [0.15, 0.2) is 0 Å². The Kier molecular flexibility index (Phi) is 7.36. The zero-order chi connectivity index (χ0) is 20.5. The van der Waals surface area contributed by atoms with Crippen LogP contribution in [-0.4, -0.2) is 13.1 Å². The molecule has 0 fully saturated rings. The van der Waals surface area contributed by atoms with Crippen molar-refractivity contribution < 1.29 is 27.7 Å². The van der Waals surface area contributed by atoms with E-state index in [1.54, 1.807) is 48.5 Å². The fourth-order valence-electron chi connectivity index (χ4n) is 3.08. The summed E-state index contributed by atoms with van der Waals surface area (Å²) in [6.07, 6.45) is 4.63. The summed E-state index contributed by atoms with van der Waals surface area (Å²) in [5.74, 6) is 0.523. The minimum atomic E-state index is -4.12. The Bertz CT molecular complexity index is 833. The van der Waals surface area contributed by atoms with Crippen molar-refractivity contribution in [3.05, 3.63) is 72.0 Å². The molecule has 7 heteroatoms. The van der Waals surface area contributed by atoms with Crippen LogP contribution in [0.4, 0.5) is 0 Å². The lowest BCUT2D eigenvalue weighted by molar-refractivity contribution is -0.136. The maximum atomic E-state index is 13.6. The van der Waals surface area contributed by atoms with E-state index >= 15 is 0 Å². The molecule has 3 rings (SSSR count). The lowest BCUT2D eigenvalue weighted by atomic mass is 9.99. The normalized spacial score (nSPS) is 17.6. The van der Waals surface area contributed by atoms with Crippen LogP contribution in [-0.2, 0) is 18.6 Å². The molecule has 0 N–H and O–H groups in total. The van der Waals surface area contributed by atoms with Crippen LogP contribution in [0.2, 0.25) is 0 Å². The first kappa shape index (κ1) is 21.0. The predicted octanol–water partition coefficient (Wildman–Crippen LogP) is 6.05. The number of esters is 1. The molecule has 0 aliphatic heterocycles. The Morgan fingerprint density at radius 2 is 1.28 bits per heavy atom. The van der Waals surface area contributed by atoms with Crippen molar-refractivity contribution in [2.45, 2.75) is 38.5 Å². The summed E-state index contributed by atoms with van der Waals surface area (Å²) in [4.78, 5) is 12.3. The Hall–Kier alpha value is -2.72. The largest absolute Gasteiger partial charge is 0.646 e. The molecule has 0 spiro atoms. The quantitative estimate of drug-likeness (QED) is 0.404. The number of methoxy groups -OCH3 is 1. The molecule has 0 saturated heterocycles. The van der Waals surface area contributed by atoms with Gasteiger partial charge in [0.2, 0.25) is 0 Å². The second kappa shape index (κ2) is 10.2. The third-order valence-electron chi connectivity index (χ3n) is 4.49. The number of carbonyl (C=O) groups excluding carboxylic acids is 1. The van der Waals surface area contributed by atoms with Crippen LogP contribution in [0.3, 0.4) is 0 Å². The van der Waals surface area contributed by atoms with Gasteiger partial charge >= 0.3 is 13.8 Å². The van der Waals surface area contributed by atoms with Crippen LogP contribution in [0.1, 0.15) is 38.5 Å². The number of rotatable bonds is 7. The molecule has 6 nitrogen and oxygen atoms in total. The van der Waals surface area contributed by atoms with E-state index in [9.17, 15) is 9.36 Å². The summed E-state index contributed by atoms with van der Waals surface area (Å²) < 4.78 is 35.7. The van der Waals surface area contributed by atoms with Gasteiger partial charge in [-0.15, -0.1) is 0 Å². The van der Waals surface area contributed by atoms with Crippen molar-refractivity contribution in [2.75, 3.05) is 7.11 Å². The molecule has 0 saturated carbocycles. The van der Waals surface area contributed by atoms with E-state index in [-0.39, 0.29) is 0 Å². The second-order valence-corrected chi connectivity index (χ2v) is 8.10. The third-order valence-corrected chi connectivity index (χ3v) is 5.80. The number of hydrogen-bond acceptors (Lipinski definition) is 6. The molecule has 0 atom stereocenters. The van der Waals surface area contributed by atoms with Gasteiger partial charge in [-0.25, -0.2) is 4.79 Å². The molecule has 1 aliphatic carbocycles. The van der Waals surface area contributed by atoms with E-state index in [2.05, 4.69) is 0 Å². The highest BCUT2D eigenvalue weighted by Gasteiger charge is 2.36. The zero-order valence-electron chi connectivity index (χ0n) is 16.4. The summed E-state index contributed by atoms with van der Waals surface area (Å²) >= 11 is 0. The Balaban J connectivity index is 1.95. The van der Waals surface area contributed by atoms with Crippen molar-refractivity contribution in [1.29, 1.82) is 0 Å². The molecule has 0 unspecified atom stereocenters. The van der Waals surface area contributed by atoms with Gasteiger partial charge in [0.25, 0.3) is 0 Å². The summed E-state index contributed by atoms with van der Waals surface area (Å²) in [6.45, 7) is 0. The average molecular weight is 416 g/mol. The Labute approximate surface area is 171 Å². The van der Waals surface area contributed by atoms with Crippen molar-refractivity contribution in [1.82, 2.24) is 0 Å². The van der Waals surface area contributed by atoms with E-state index in [1.165, 1.54) is 7.11 Å². The predicted molar refractivity (Wildman–Crippen MR) is 110 cm³/mol. The molecule has 0 bridgehead atoms. The number of carbonyl (C=O) groups is 1. The second-order valence-electron chi connectivity index (χ2n) is 6.65. The van der Waals surface area contributed by atoms with Crippen LogP contribution in [0.25, 0.3) is 0 Å². The van der Waals surface area contributed by atoms with Gasteiger partial charge in [-0.05, 0) is 43.5 Å². The van der Waals surface area contributed by atoms with Gasteiger partial charge in [0.05, 0.1) is 12.7 Å².